The van der Waals surface area contributed by atoms with Gasteiger partial charge in [-0.2, -0.15) is 21.6 Å². The highest BCUT2D eigenvalue weighted by atomic mass is 32.2. The lowest BCUT2D eigenvalue weighted by molar-refractivity contribution is -0.148. The van der Waals surface area contributed by atoms with E-state index >= 15 is 0 Å². The van der Waals surface area contributed by atoms with Crippen molar-refractivity contribution in [2.75, 3.05) is 19.8 Å². The monoisotopic (exact) mass is 238 g/mol. The first-order valence-electron chi connectivity index (χ1n) is 3.39. The van der Waals surface area contributed by atoms with Crippen molar-refractivity contribution in [3.05, 3.63) is 0 Å². The number of hydrogen-bond acceptors (Lipinski definition) is 4. The predicted octanol–water partition coefficient (Wildman–Crippen LogP) is 0.591. The fourth-order valence-corrected chi connectivity index (χ4v) is 1.16. The fraction of sp³-hybridized carbons (Fsp3) is 1.00. The summed E-state index contributed by atoms with van der Waals surface area (Å²) in [4.78, 5) is 0. The maximum atomic E-state index is 12.9. The van der Waals surface area contributed by atoms with Gasteiger partial charge in [-0.15, -0.1) is 0 Å². The van der Waals surface area contributed by atoms with E-state index in [1.807, 2.05) is 0 Å². The third-order valence-electron chi connectivity index (χ3n) is 1.48. The summed E-state index contributed by atoms with van der Waals surface area (Å²) in [5.74, 6) is 0. The van der Waals surface area contributed by atoms with Crippen LogP contribution in [0.3, 0.4) is 0 Å². The van der Waals surface area contributed by atoms with Crippen molar-refractivity contribution in [2.45, 2.75) is 11.2 Å². The second kappa shape index (κ2) is 3.31. The number of alkyl halides is 4. The number of halogens is 4. The van der Waals surface area contributed by atoms with Gasteiger partial charge < -0.3 is 4.74 Å². The Bertz CT molecular complexity index is 304. The standard InChI is InChI=1S/C5H6F4O4S/c6-4(1-12-2-4)3-13-14(10,11)5(7,8)9/h1-3H2. The molecule has 1 aliphatic rings. The van der Waals surface area contributed by atoms with Crippen LogP contribution >= 0.6 is 0 Å². The Balaban J connectivity index is 2.53. The summed E-state index contributed by atoms with van der Waals surface area (Å²) in [6.45, 7) is -2.09. The molecule has 1 rings (SSSR count). The second-order valence-electron chi connectivity index (χ2n) is 2.81. The molecule has 0 spiro atoms. The average molecular weight is 238 g/mol. The highest BCUT2D eigenvalue weighted by Crippen LogP contribution is 2.28. The fourth-order valence-electron chi connectivity index (χ4n) is 0.657. The van der Waals surface area contributed by atoms with Crippen LogP contribution in [-0.2, 0) is 19.0 Å². The van der Waals surface area contributed by atoms with Gasteiger partial charge in [0.2, 0.25) is 0 Å². The molecule has 0 radical (unpaired) electrons. The van der Waals surface area contributed by atoms with Gasteiger partial charge in [0.15, 0.2) is 5.67 Å². The molecule has 0 bridgehead atoms. The third kappa shape index (κ3) is 2.34. The highest BCUT2D eigenvalue weighted by Gasteiger charge is 2.50. The van der Waals surface area contributed by atoms with Gasteiger partial charge >= 0.3 is 15.6 Å². The van der Waals surface area contributed by atoms with Crippen molar-refractivity contribution in [1.29, 1.82) is 0 Å². The topological polar surface area (TPSA) is 52.6 Å². The zero-order valence-electron chi connectivity index (χ0n) is 6.67. The van der Waals surface area contributed by atoms with Crippen LogP contribution in [-0.4, -0.2) is 39.4 Å². The molecular weight excluding hydrogens is 232 g/mol. The Kier molecular flexibility index (Phi) is 2.76. The summed E-state index contributed by atoms with van der Waals surface area (Å²) in [6.07, 6.45) is 0. The van der Waals surface area contributed by atoms with Crippen molar-refractivity contribution in [3.63, 3.8) is 0 Å². The first-order chi connectivity index (χ1) is 6.16. The minimum Gasteiger partial charge on any atom is -0.374 e. The maximum Gasteiger partial charge on any atom is 0.523 e. The Morgan fingerprint density at radius 2 is 1.86 bits per heavy atom. The maximum absolute atomic E-state index is 12.9. The molecule has 0 aromatic heterocycles. The average Bonchev–Trinajstić information content (AvgIpc) is 1.95. The molecule has 1 fully saturated rings. The first kappa shape index (κ1) is 11.7. The molecule has 0 aromatic carbocycles. The van der Waals surface area contributed by atoms with Crippen LogP contribution in [0.4, 0.5) is 17.6 Å². The number of ether oxygens (including phenoxy) is 1. The number of hydrogen-bond donors (Lipinski definition) is 0. The van der Waals surface area contributed by atoms with E-state index in [2.05, 4.69) is 8.92 Å². The van der Waals surface area contributed by atoms with Crippen molar-refractivity contribution in [2.24, 2.45) is 0 Å². The van der Waals surface area contributed by atoms with E-state index in [-0.39, 0.29) is 0 Å². The minimum atomic E-state index is -5.70. The Labute approximate surface area is 76.9 Å². The zero-order valence-corrected chi connectivity index (χ0v) is 7.49. The molecule has 4 nitrogen and oxygen atoms in total. The highest BCUT2D eigenvalue weighted by molar-refractivity contribution is 7.87. The van der Waals surface area contributed by atoms with E-state index < -0.39 is 41.1 Å². The molecular formula is C5H6F4O4S. The van der Waals surface area contributed by atoms with Crippen LogP contribution in [0.15, 0.2) is 0 Å². The predicted molar refractivity (Wildman–Crippen MR) is 35.6 cm³/mol. The molecule has 9 heteroatoms. The van der Waals surface area contributed by atoms with Crippen LogP contribution in [0.25, 0.3) is 0 Å². The van der Waals surface area contributed by atoms with Gasteiger partial charge in [0.1, 0.15) is 6.61 Å². The summed E-state index contributed by atoms with van der Waals surface area (Å²) in [5, 5.41) is 0. The van der Waals surface area contributed by atoms with Crippen LogP contribution in [0.2, 0.25) is 0 Å². The Hall–Kier alpha value is -0.410. The third-order valence-corrected chi connectivity index (χ3v) is 2.47. The van der Waals surface area contributed by atoms with E-state index in [4.69, 9.17) is 0 Å². The molecule has 0 aromatic rings. The molecule has 1 heterocycles. The van der Waals surface area contributed by atoms with E-state index in [0.717, 1.165) is 0 Å². The second-order valence-corrected chi connectivity index (χ2v) is 4.41. The van der Waals surface area contributed by atoms with Gasteiger partial charge in [-0.25, -0.2) is 4.39 Å². The Morgan fingerprint density at radius 1 is 1.36 bits per heavy atom. The minimum absolute atomic E-state index is 0.458. The zero-order chi connectivity index (χ0) is 11.0. The van der Waals surface area contributed by atoms with Crippen molar-refractivity contribution in [1.82, 2.24) is 0 Å². The molecule has 0 aliphatic carbocycles. The van der Waals surface area contributed by atoms with Crippen LogP contribution in [0.1, 0.15) is 0 Å². The molecule has 0 atom stereocenters. The van der Waals surface area contributed by atoms with Crippen molar-refractivity contribution >= 4 is 10.1 Å². The lowest BCUT2D eigenvalue weighted by atomic mass is 10.1. The van der Waals surface area contributed by atoms with Crippen molar-refractivity contribution < 1.29 is 34.9 Å². The van der Waals surface area contributed by atoms with E-state index in [1.165, 1.54) is 0 Å². The lowest BCUT2D eigenvalue weighted by Gasteiger charge is -2.32. The summed E-state index contributed by atoms with van der Waals surface area (Å²) in [5.41, 5.74) is -7.65. The SMILES string of the molecule is O=S(=O)(OCC1(F)COC1)C(F)(F)F. The van der Waals surface area contributed by atoms with Crippen LogP contribution in [0, 0.1) is 0 Å². The first-order valence-corrected chi connectivity index (χ1v) is 4.79. The van der Waals surface area contributed by atoms with Gasteiger partial charge in [0.05, 0.1) is 13.2 Å². The largest absolute Gasteiger partial charge is 0.523 e. The Morgan fingerprint density at radius 3 is 2.14 bits per heavy atom. The summed E-state index contributed by atoms with van der Waals surface area (Å²) in [7, 11) is -5.70. The quantitative estimate of drug-likeness (QED) is 0.410. The summed E-state index contributed by atoms with van der Waals surface area (Å²) in [6, 6.07) is 0. The summed E-state index contributed by atoms with van der Waals surface area (Å²) >= 11 is 0. The lowest BCUT2D eigenvalue weighted by Crippen LogP contribution is -2.50. The molecule has 84 valence electrons. The molecule has 14 heavy (non-hydrogen) atoms. The molecule has 1 saturated heterocycles. The number of rotatable bonds is 3. The van der Waals surface area contributed by atoms with Gasteiger partial charge in [-0.05, 0) is 0 Å². The smallest absolute Gasteiger partial charge is 0.374 e. The van der Waals surface area contributed by atoms with E-state index in [1.54, 1.807) is 0 Å². The van der Waals surface area contributed by atoms with E-state index in [0.29, 0.717) is 0 Å². The van der Waals surface area contributed by atoms with Crippen LogP contribution in [0.5, 0.6) is 0 Å². The molecule has 0 amide bonds. The van der Waals surface area contributed by atoms with E-state index in [9.17, 15) is 26.0 Å². The molecule has 0 unspecified atom stereocenters. The van der Waals surface area contributed by atoms with Crippen LogP contribution < -0.4 is 0 Å². The molecule has 0 saturated carbocycles. The summed E-state index contributed by atoms with van der Waals surface area (Å²) < 4.78 is 76.4. The van der Waals surface area contributed by atoms with Crippen molar-refractivity contribution in [3.8, 4) is 0 Å². The van der Waals surface area contributed by atoms with Gasteiger partial charge in [-0.1, -0.05) is 0 Å². The van der Waals surface area contributed by atoms with Gasteiger partial charge in [0.25, 0.3) is 0 Å². The molecule has 0 N–H and O–H groups in total. The normalized spacial score (nSPS) is 21.7. The molecule has 1 aliphatic heterocycles. The van der Waals surface area contributed by atoms with Gasteiger partial charge in [0, 0.05) is 0 Å². The van der Waals surface area contributed by atoms with Gasteiger partial charge in [-0.3, -0.25) is 4.18 Å².